The summed E-state index contributed by atoms with van der Waals surface area (Å²) in [7, 11) is 0. The maximum atomic E-state index is 11.6. The van der Waals surface area contributed by atoms with Crippen molar-refractivity contribution in [1.82, 2.24) is 5.32 Å². The van der Waals surface area contributed by atoms with Gasteiger partial charge in [0.05, 0.1) is 6.42 Å². The molecular formula is C13H15NO4. The van der Waals surface area contributed by atoms with Gasteiger partial charge in [0.2, 0.25) is 0 Å². The van der Waals surface area contributed by atoms with Gasteiger partial charge in [0.25, 0.3) is 0 Å². The molecule has 1 heterocycles. The maximum Gasteiger partial charge on any atom is 0.320 e. The highest BCUT2D eigenvalue weighted by molar-refractivity contribution is 5.75. The van der Waals surface area contributed by atoms with E-state index in [1.807, 2.05) is 30.3 Å². The van der Waals surface area contributed by atoms with Crippen molar-refractivity contribution in [3.8, 4) is 0 Å². The molecule has 2 atom stereocenters. The van der Waals surface area contributed by atoms with Gasteiger partial charge in [-0.15, -0.1) is 0 Å². The van der Waals surface area contributed by atoms with Crippen molar-refractivity contribution in [2.24, 2.45) is 0 Å². The molecule has 1 unspecified atom stereocenters. The fourth-order valence-corrected chi connectivity index (χ4v) is 1.97. The van der Waals surface area contributed by atoms with Crippen LogP contribution in [0.4, 0.5) is 0 Å². The number of hydrogen-bond acceptors (Lipinski definition) is 4. The summed E-state index contributed by atoms with van der Waals surface area (Å²) in [5.74, 6) is -1.23. The largest absolute Gasteiger partial charge is 0.480 e. The van der Waals surface area contributed by atoms with E-state index in [1.54, 1.807) is 0 Å². The second kappa shape index (κ2) is 5.64. The molecular weight excluding hydrogens is 234 g/mol. The first-order valence-corrected chi connectivity index (χ1v) is 5.85. The van der Waals surface area contributed by atoms with E-state index in [-0.39, 0.29) is 18.5 Å². The Hall–Kier alpha value is -1.88. The molecule has 1 aliphatic rings. The van der Waals surface area contributed by atoms with Crippen LogP contribution < -0.4 is 5.32 Å². The summed E-state index contributed by atoms with van der Waals surface area (Å²) in [4.78, 5) is 22.4. The Labute approximate surface area is 105 Å². The molecule has 0 aromatic heterocycles. The van der Waals surface area contributed by atoms with Crippen molar-refractivity contribution in [2.75, 3.05) is 6.54 Å². The van der Waals surface area contributed by atoms with Gasteiger partial charge in [0.1, 0.15) is 12.1 Å². The number of carbonyl (C=O) groups excluding carboxylic acids is 1. The van der Waals surface area contributed by atoms with Gasteiger partial charge in [-0.25, -0.2) is 0 Å². The van der Waals surface area contributed by atoms with E-state index < -0.39 is 12.0 Å². The number of carboxylic acids is 1. The standard InChI is InChI=1S/C13H15NO4/c15-12(6-9-4-2-1-3-5-9)18-10-7-11(13(16)17)14-8-10/h1-5,10-11,14H,6-8H2,(H,16,17)/t10?,11-/m0/s1. The summed E-state index contributed by atoms with van der Waals surface area (Å²) in [6.45, 7) is 0.400. The quantitative estimate of drug-likeness (QED) is 0.764. The summed E-state index contributed by atoms with van der Waals surface area (Å²) in [5.41, 5.74) is 0.892. The molecule has 0 radical (unpaired) electrons. The zero-order valence-corrected chi connectivity index (χ0v) is 9.83. The molecule has 5 nitrogen and oxygen atoms in total. The molecule has 1 fully saturated rings. The van der Waals surface area contributed by atoms with E-state index >= 15 is 0 Å². The van der Waals surface area contributed by atoms with Crippen LogP contribution in [0.1, 0.15) is 12.0 Å². The number of aliphatic carboxylic acids is 1. The Balaban J connectivity index is 1.80. The summed E-state index contributed by atoms with van der Waals surface area (Å²) in [6.07, 6.45) is 0.201. The third-order valence-corrected chi connectivity index (χ3v) is 2.88. The molecule has 1 aromatic carbocycles. The van der Waals surface area contributed by atoms with Gasteiger partial charge in [-0.05, 0) is 5.56 Å². The molecule has 1 aliphatic heterocycles. The fraction of sp³-hybridized carbons (Fsp3) is 0.385. The number of esters is 1. The predicted molar refractivity (Wildman–Crippen MR) is 64.1 cm³/mol. The minimum Gasteiger partial charge on any atom is -0.480 e. The zero-order valence-electron chi connectivity index (χ0n) is 9.83. The molecule has 18 heavy (non-hydrogen) atoms. The van der Waals surface area contributed by atoms with E-state index in [0.717, 1.165) is 5.56 Å². The predicted octanol–water partition coefficient (Wildman–Crippen LogP) is 0.587. The van der Waals surface area contributed by atoms with Gasteiger partial charge in [0, 0.05) is 13.0 Å². The molecule has 1 aromatic rings. The second-order valence-electron chi connectivity index (χ2n) is 4.31. The van der Waals surface area contributed by atoms with Gasteiger partial charge >= 0.3 is 11.9 Å². The molecule has 2 N–H and O–H groups in total. The number of ether oxygens (including phenoxy) is 1. The minimum absolute atomic E-state index is 0.217. The summed E-state index contributed by atoms with van der Waals surface area (Å²) in [6, 6.07) is 8.70. The van der Waals surface area contributed by atoms with Crippen LogP contribution in [-0.4, -0.2) is 35.7 Å². The van der Waals surface area contributed by atoms with Crippen LogP contribution in [0.3, 0.4) is 0 Å². The molecule has 2 rings (SSSR count). The lowest BCUT2D eigenvalue weighted by molar-refractivity contribution is -0.148. The van der Waals surface area contributed by atoms with E-state index in [9.17, 15) is 9.59 Å². The fourth-order valence-electron chi connectivity index (χ4n) is 1.97. The SMILES string of the molecule is O=C(Cc1ccccc1)OC1CN[C@H](C(=O)O)C1. The van der Waals surface area contributed by atoms with Crippen LogP contribution in [0, 0.1) is 0 Å². The number of hydrogen-bond donors (Lipinski definition) is 2. The molecule has 96 valence electrons. The highest BCUT2D eigenvalue weighted by Gasteiger charge is 2.31. The van der Waals surface area contributed by atoms with Crippen molar-refractivity contribution in [3.05, 3.63) is 35.9 Å². The van der Waals surface area contributed by atoms with Crippen LogP contribution in [0.25, 0.3) is 0 Å². The Bertz CT molecular complexity index is 432. The number of nitrogens with one attached hydrogen (secondary N) is 1. The van der Waals surface area contributed by atoms with E-state index in [0.29, 0.717) is 13.0 Å². The van der Waals surface area contributed by atoms with E-state index in [4.69, 9.17) is 9.84 Å². The lowest BCUT2D eigenvalue weighted by Gasteiger charge is -2.10. The molecule has 0 spiro atoms. The van der Waals surface area contributed by atoms with Crippen molar-refractivity contribution >= 4 is 11.9 Å². The van der Waals surface area contributed by atoms with Crippen LogP contribution >= 0.6 is 0 Å². The molecule has 0 bridgehead atoms. The lowest BCUT2D eigenvalue weighted by atomic mass is 10.1. The number of rotatable bonds is 4. The average molecular weight is 249 g/mol. The first-order valence-electron chi connectivity index (χ1n) is 5.85. The highest BCUT2D eigenvalue weighted by atomic mass is 16.5. The topological polar surface area (TPSA) is 75.6 Å². The van der Waals surface area contributed by atoms with Crippen LogP contribution in [0.15, 0.2) is 30.3 Å². The number of carbonyl (C=O) groups is 2. The molecule has 0 aliphatic carbocycles. The summed E-state index contributed by atoms with van der Waals surface area (Å²) in [5, 5.41) is 11.6. The van der Waals surface area contributed by atoms with Gasteiger partial charge in [-0.2, -0.15) is 0 Å². The summed E-state index contributed by atoms with van der Waals surface area (Å²) < 4.78 is 5.23. The van der Waals surface area contributed by atoms with Crippen molar-refractivity contribution in [2.45, 2.75) is 25.0 Å². The van der Waals surface area contributed by atoms with E-state index in [1.165, 1.54) is 0 Å². The van der Waals surface area contributed by atoms with Gasteiger partial charge in [-0.3, -0.25) is 9.59 Å². The third kappa shape index (κ3) is 3.30. The van der Waals surface area contributed by atoms with Crippen molar-refractivity contribution in [1.29, 1.82) is 0 Å². The molecule has 0 amide bonds. The lowest BCUT2D eigenvalue weighted by Crippen LogP contribution is -2.30. The van der Waals surface area contributed by atoms with Gasteiger partial charge in [-0.1, -0.05) is 30.3 Å². The number of carboxylic acid groups (broad SMARTS) is 1. The maximum absolute atomic E-state index is 11.6. The Morgan fingerprint density at radius 2 is 2.06 bits per heavy atom. The zero-order chi connectivity index (χ0) is 13.0. The normalized spacial score (nSPS) is 22.7. The van der Waals surface area contributed by atoms with Crippen LogP contribution in [-0.2, 0) is 20.7 Å². The average Bonchev–Trinajstić information content (AvgIpc) is 2.78. The smallest absolute Gasteiger partial charge is 0.320 e. The third-order valence-electron chi connectivity index (χ3n) is 2.88. The van der Waals surface area contributed by atoms with Crippen LogP contribution in [0.2, 0.25) is 0 Å². The van der Waals surface area contributed by atoms with Gasteiger partial charge in [0.15, 0.2) is 0 Å². The highest BCUT2D eigenvalue weighted by Crippen LogP contribution is 2.12. The number of benzene rings is 1. The minimum atomic E-state index is -0.906. The van der Waals surface area contributed by atoms with Crippen LogP contribution in [0.5, 0.6) is 0 Å². The first-order chi connectivity index (χ1) is 8.65. The Morgan fingerprint density at radius 3 is 2.67 bits per heavy atom. The Morgan fingerprint density at radius 1 is 1.33 bits per heavy atom. The second-order valence-corrected chi connectivity index (χ2v) is 4.31. The molecule has 5 heteroatoms. The monoisotopic (exact) mass is 249 g/mol. The Kier molecular flexibility index (Phi) is 3.94. The van der Waals surface area contributed by atoms with Gasteiger partial charge < -0.3 is 15.2 Å². The molecule has 0 saturated carbocycles. The van der Waals surface area contributed by atoms with Crippen molar-refractivity contribution in [3.63, 3.8) is 0 Å². The van der Waals surface area contributed by atoms with Crippen molar-refractivity contribution < 1.29 is 19.4 Å². The summed E-state index contributed by atoms with van der Waals surface area (Å²) >= 11 is 0. The first kappa shape index (κ1) is 12.6. The van der Waals surface area contributed by atoms with E-state index in [2.05, 4.69) is 5.32 Å². The molecule has 1 saturated heterocycles.